The quantitative estimate of drug-likeness (QED) is 0.903. The van der Waals surface area contributed by atoms with Crippen molar-refractivity contribution in [3.63, 3.8) is 0 Å². The second-order valence-electron chi connectivity index (χ2n) is 4.94. The lowest BCUT2D eigenvalue weighted by atomic mass is 10.1. The molecule has 1 aromatic heterocycles. The molecule has 0 spiro atoms. The minimum absolute atomic E-state index is 0.476. The Morgan fingerprint density at radius 3 is 2.89 bits per heavy atom. The summed E-state index contributed by atoms with van der Waals surface area (Å²) in [7, 11) is 0. The summed E-state index contributed by atoms with van der Waals surface area (Å²) in [5.41, 5.74) is 2.13. The number of hydrogen-bond acceptors (Lipinski definition) is 3. The van der Waals surface area contributed by atoms with Crippen LogP contribution in [-0.4, -0.2) is 17.6 Å². The van der Waals surface area contributed by atoms with Crippen molar-refractivity contribution in [3.8, 4) is 11.3 Å². The predicted molar refractivity (Wildman–Crippen MR) is 78.5 cm³/mol. The molecular formula is C15H19ClN2O. The first-order valence-electron chi connectivity index (χ1n) is 6.51. The molecule has 0 radical (unpaired) electrons. The molecule has 3 nitrogen and oxygen atoms in total. The number of hydrogen-bond donors (Lipinski definition) is 1. The molecule has 0 unspecified atom stereocenters. The number of nitrogens with zero attached hydrogens (tertiary/aromatic N) is 1. The Balaban J connectivity index is 2.10. The highest BCUT2D eigenvalue weighted by molar-refractivity contribution is 6.30. The molecule has 0 aliphatic rings. The molecule has 0 amide bonds. The van der Waals surface area contributed by atoms with Crippen molar-refractivity contribution in [1.82, 2.24) is 10.3 Å². The molecular weight excluding hydrogens is 260 g/mol. The molecule has 2 aromatic rings. The van der Waals surface area contributed by atoms with Crippen molar-refractivity contribution < 1.29 is 4.42 Å². The monoisotopic (exact) mass is 278 g/mol. The van der Waals surface area contributed by atoms with Crippen LogP contribution >= 0.6 is 11.6 Å². The molecule has 2 rings (SSSR count). The standard InChI is InChI=1S/C15H19ClN2O/c1-10(2)17-7-6-15-18-9-14(19-15)13-8-12(16)5-4-11(13)3/h4-5,8-10,17H,6-7H2,1-3H3. The highest BCUT2D eigenvalue weighted by Gasteiger charge is 2.09. The summed E-state index contributed by atoms with van der Waals surface area (Å²) < 4.78 is 5.78. The van der Waals surface area contributed by atoms with Crippen LogP contribution in [0.2, 0.25) is 5.02 Å². The van der Waals surface area contributed by atoms with Gasteiger partial charge in [0.2, 0.25) is 0 Å². The number of benzene rings is 1. The zero-order chi connectivity index (χ0) is 13.8. The Bertz CT molecular complexity index is 549. The number of oxazole rings is 1. The molecule has 4 heteroatoms. The van der Waals surface area contributed by atoms with Crippen LogP contribution in [0.5, 0.6) is 0 Å². The van der Waals surface area contributed by atoms with Gasteiger partial charge in [0.1, 0.15) is 0 Å². The smallest absolute Gasteiger partial charge is 0.196 e. The van der Waals surface area contributed by atoms with E-state index in [1.54, 1.807) is 6.20 Å². The fraction of sp³-hybridized carbons (Fsp3) is 0.400. The van der Waals surface area contributed by atoms with E-state index < -0.39 is 0 Å². The molecule has 0 saturated carbocycles. The number of rotatable bonds is 5. The van der Waals surface area contributed by atoms with Crippen LogP contribution < -0.4 is 5.32 Å². The van der Waals surface area contributed by atoms with Crippen LogP contribution in [0, 0.1) is 6.92 Å². The van der Waals surface area contributed by atoms with Crippen LogP contribution in [-0.2, 0) is 6.42 Å². The van der Waals surface area contributed by atoms with Gasteiger partial charge in [-0.05, 0) is 24.6 Å². The minimum atomic E-state index is 0.476. The van der Waals surface area contributed by atoms with Gasteiger partial charge in [-0.2, -0.15) is 0 Å². The first kappa shape index (κ1) is 14.1. The molecule has 1 aromatic carbocycles. The maximum absolute atomic E-state index is 6.02. The third kappa shape index (κ3) is 3.82. The first-order valence-corrected chi connectivity index (χ1v) is 6.88. The number of aromatic nitrogens is 1. The summed E-state index contributed by atoms with van der Waals surface area (Å²) in [6, 6.07) is 6.25. The fourth-order valence-electron chi connectivity index (χ4n) is 1.88. The van der Waals surface area contributed by atoms with Gasteiger partial charge in [-0.1, -0.05) is 31.5 Å². The van der Waals surface area contributed by atoms with E-state index in [-0.39, 0.29) is 0 Å². The molecule has 19 heavy (non-hydrogen) atoms. The largest absolute Gasteiger partial charge is 0.441 e. The zero-order valence-corrected chi connectivity index (χ0v) is 12.3. The molecule has 0 aliphatic carbocycles. The normalized spacial score (nSPS) is 11.2. The molecule has 0 aliphatic heterocycles. The van der Waals surface area contributed by atoms with Crippen LogP contribution in [0.15, 0.2) is 28.8 Å². The van der Waals surface area contributed by atoms with Crippen molar-refractivity contribution in [3.05, 3.63) is 40.9 Å². The third-order valence-corrected chi connectivity index (χ3v) is 3.15. The van der Waals surface area contributed by atoms with E-state index in [9.17, 15) is 0 Å². The first-order chi connectivity index (χ1) is 9.06. The van der Waals surface area contributed by atoms with Crippen LogP contribution in [0.4, 0.5) is 0 Å². The summed E-state index contributed by atoms with van der Waals surface area (Å²) in [5.74, 6) is 1.53. The number of halogens is 1. The van der Waals surface area contributed by atoms with Gasteiger partial charge in [-0.3, -0.25) is 0 Å². The van der Waals surface area contributed by atoms with Crippen molar-refractivity contribution in [1.29, 1.82) is 0 Å². The fourth-order valence-corrected chi connectivity index (χ4v) is 2.05. The van der Waals surface area contributed by atoms with Gasteiger partial charge in [0.25, 0.3) is 0 Å². The summed E-state index contributed by atoms with van der Waals surface area (Å²) in [6.45, 7) is 7.15. The lowest BCUT2D eigenvalue weighted by molar-refractivity contribution is 0.484. The molecule has 102 valence electrons. The van der Waals surface area contributed by atoms with Gasteiger partial charge in [0.15, 0.2) is 11.7 Å². The second kappa shape index (κ2) is 6.22. The lowest BCUT2D eigenvalue weighted by Gasteiger charge is -2.05. The Hall–Kier alpha value is -1.32. The Labute approximate surface area is 119 Å². The van der Waals surface area contributed by atoms with Crippen molar-refractivity contribution in [2.75, 3.05) is 6.54 Å². The average Bonchev–Trinajstić information content (AvgIpc) is 2.80. The van der Waals surface area contributed by atoms with Crippen molar-refractivity contribution in [2.45, 2.75) is 33.2 Å². The second-order valence-corrected chi connectivity index (χ2v) is 5.37. The summed E-state index contributed by atoms with van der Waals surface area (Å²) >= 11 is 6.02. The lowest BCUT2D eigenvalue weighted by Crippen LogP contribution is -2.24. The van der Waals surface area contributed by atoms with E-state index in [1.165, 1.54) is 0 Å². The van der Waals surface area contributed by atoms with E-state index in [2.05, 4.69) is 24.1 Å². The SMILES string of the molecule is Cc1ccc(Cl)cc1-c1cnc(CCNC(C)C)o1. The molecule has 0 bridgehead atoms. The number of aryl methyl sites for hydroxylation is 1. The Morgan fingerprint density at radius 1 is 1.37 bits per heavy atom. The van der Waals surface area contributed by atoms with Crippen molar-refractivity contribution in [2.24, 2.45) is 0 Å². The van der Waals surface area contributed by atoms with Gasteiger partial charge in [0, 0.05) is 29.6 Å². The van der Waals surface area contributed by atoms with Gasteiger partial charge >= 0.3 is 0 Å². The van der Waals surface area contributed by atoms with E-state index in [4.69, 9.17) is 16.0 Å². The van der Waals surface area contributed by atoms with E-state index in [0.717, 1.165) is 35.7 Å². The highest BCUT2D eigenvalue weighted by Crippen LogP contribution is 2.27. The van der Waals surface area contributed by atoms with Gasteiger partial charge in [-0.25, -0.2) is 4.98 Å². The van der Waals surface area contributed by atoms with Crippen LogP contribution in [0.25, 0.3) is 11.3 Å². The van der Waals surface area contributed by atoms with E-state index in [1.807, 2.05) is 25.1 Å². The topological polar surface area (TPSA) is 38.1 Å². The maximum Gasteiger partial charge on any atom is 0.196 e. The summed E-state index contributed by atoms with van der Waals surface area (Å²) in [5, 5.41) is 4.05. The molecule has 0 atom stereocenters. The van der Waals surface area contributed by atoms with Gasteiger partial charge < -0.3 is 9.73 Å². The van der Waals surface area contributed by atoms with Gasteiger partial charge in [0.05, 0.1) is 6.20 Å². The third-order valence-electron chi connectivity index (χ3n) is 2.91. The zero-order valence-electron chi connectivity index (χ0n) is 11.5. The molecule has 1 N–H and O–H groups in total. The van der Waals surface area contributed by atoms with E-state index >= 15 is 0 Å². The Kier molecular flexibility index (Phi) is 4.61. The van der Waals surface area contributed by atoms with Gasteiger partial charge in [-0.15, -0.1) is 0 Å². The van der Waals surface area contributed by atoms with Crippen LogP contribution in [0.3, 0.4) is 0 Å². The van der Waals surface area contributed by atoms with Crippen LogP contribution in [0.1, 0.15) is 25.3 Å². The molecule has 1 heterocycles. The maximum atomic E-state index is 6.02. The minimum Gasteiger partial charge on any atom is -0.441 e. The summed E-state index contributed by atoms with van der Waals surface area (Å²) in [6.07, 6.45) is 2.56. The predicted octanol–water partition coefficient (Wildman–Crippen LogP) is 3.84. The average molecular weight is 279 g/mol. The Morgan fingerprint density at radius 2 is 2.16 bits per heavy atom. The summed E-state index contributed by atoms with van der Waals surface area (Å²) in [4.78, 5) is 4.31. The van der Waals surface area contributed by atoms with E-state index in [0.29, 0.717) is 11.1 Å². The highest BCUT2D eigenvalue weighted by atomic mass is 35.5. The number of nitrogens with one attached hydrogen (secondary N) is 1. The molecule has 0 fully saturated rings. The molecule has 0 saturated heterocycles. The van der Waals surface area contributed by atoms with Crippen molar-refractivity contribution >= 4 is 11.6 Å².